The molecule has 4 aromatic rings. The molecule has 1 aromatic heterocycles. The van der Waals surface area contributed by atoms with Gasteiger partial charge in [0.1, 0.15) is 5.75 Å². The molecule has 182 valence electrons. The molecule has 2 heterocycles. The van der Waals surface area contributed by atoms with Crippen LogP contribution in [0.25, 0.3) is 22.0 Å². The zero-order valence-corrected chi connectivity index (χ0v) is 20.6. The number of benzene rings is 3. The molecular formula is C31H31N3O2. The Morgan fingerprint density at radius 1 is 1.00 bits per heavy atom. The molecule has 36 heavy (non-hydrogen) atoms. The van der Waals surface area contributed by atoms with Crippen LogP contribution in [-0.4, -0.2) is 33.9 Å². The van der Waals surface area contributed by atoms with E-state index >= 15 is 0 Å². The summed E-state index contributed by atoms with van der Waals surface area (Å²) in [6.45, 7) is 5.24. The Hall–Kier alpha value is -3.70. The van der Waals surface area contributed by atoms with Gasteiger partial charge in [0.25, 0.3) is 0 Å². The number of hydrogen-bond acceptors (Lipinski definition) is 5. The van der Waals surface area contributed by atoms with E-state index in [4.69, 9.17) is 0 Å². The van der Waals surface area contributed by atoms with E-state index in [1.54, 1.807) is 12.3 Å². The maximum atomic E-state index is 13.2. The predicted molar refractivity (Wildman–Crippen MR) is 145 cm³/mol. The molecule has 3 aromatic carbocycles. The molecule has 0 bridgehead atoms. The predicted octanol–water partition coefficient (Wildman–Crippen LogP) is 6.85. The average Bonchev–Trinajstić information content (AvgIpc) is 3.63. The van der Waals surface area contributed by atoms with Crippen LogP contribution in [0.2, 0.25) is 0 Å². The quantitative estimate of drug-likeness (QED) is 0.285. The molecule has 1 aliphatic heterocycles. The van der Waals surface area contributed by atoms with Crippen molar-refractivity contribution in [3.63, 3.8) is 0 Å². The number of Topliss-reactive ketones (excluding diaryl/α,β-unsaturated/α-hetero) is 1. The van der Waals surface area contributed by atoms with Crippen LogP contribution in [0.1, 0.15) is 47.2 Å². The summed E-state index contributed by atoms with van der Waals surface area (Å²) in [6, 6.07) is 20.3. The highest BCUT2D eigenvalue weighted by Gasteiger charge is 2.32. The second-order valence-corrected chi connectivity index (χ2v) is 10.2. The Kier molecular flexibility index (Phi) is 5.94. The van der Waals surface area contributed by atoms with E-state index < -0.39 is 0 Å². The van der Waals surface area contributed by atoms with Crippen molar-refractivity contribution in [3.8, 4) is 16.9 Å². The SMILES string of the molecule is Cc1cc(-c2ccc3ncc(C(=O)C4CC4)c(Nc4ccc(CN5CCCC5)cc4)c3c2)ccc1O. The number of phenols is 1. The Morgan fingerprint density at radius 2 is 1.72 bits per heavy atom. The number of aryl methyl sites for hydroxylation is 1. The number of carbonyl (C=O) groups is 1. The summed E-state index contributed by atoms with van der Waals surface area (Å²) >= 11 is 0. The fraction of sp³-hybridized carbons (Fsp3) is 0.290. The number of aromatic hydroxyl groups is 1. The van der Waals surface area contributed by atoms with Gasteiger partial charge in [-0.05, 0) is 104 Å². The van der Waals surface area contributed by atoms with Gasteiger partial charge >= 0.3 is 0 Å². The van der Waals surface area contributed by atoms with Crippen LogP contribution in [0.5, 0.6) is 5.75 Å². The normalized spacial score (nSPS) is 15.9. The molecule has 5 nitrogen and oxygen atoms in total. The summed E-state index contributed by atoms with van der Waals surface area (Å²) in [4.78, 5) is 20.4. The second-order valence-electron chi connectivity index (χ2n) is 10.2. The van der Waals surface area contributed by atoms with Crippen LogP contribution in [0, 0.1) is 12.8 Å². The lowest BCUT2D eigenvalue weighted by Gasteiger charge is -2.17. The molecule has 1 aliphatic carbocycles. The summed E-state index contributed by atoms with van der Waals surface area (Å²) in [5, 5.41) is 14.5. The summed E-state index contributed by atoms with van der Waals surface area (Å²) in [5.74, 6) is 0.563. The fourth-order valence-corrected chi connectivity index (χ4v) is 5.13. The number of anilines is 2. The minimum atomic E-state index is 0.107. The molecule has 5 heteroatoms. The third-order valence-corrected chi connectivity index (χ3v) is 7.44. The topological polar surface area (TPSA) is 65.5 Å². The number of likely N-dealkylation sites (tertiary alicyclic amines) is 1. The summed E-state index contributed by atoms with van der Waals surface area (Å²) in [6.07, 6.45) is 6.22. The number of nitrogens with one attached hydrogen (secondary N) is 1. The second kappa shape index (κ2) is 9.40. The van der Waals surface area contributed by atoms with Crippen LogP contribution < -0.4 is 5.32 Å². The van der Waals surface area contributed by atoms with E-state index in [1.165, 1.54) is 31.5 Å². The first-order chi connectivity index (χ1) is 17.5. The van der Waals surface area contributed by atoms with Gasteiger partial charge < -0.3 is 10.4 Å². The fourth-order valence-electron chi connectivity index (χ4n) is 5.13. The van der Waals surface area contributed by atoms with E-state index in [9.17, 15) is 9.90 Å². The standard InChI is InChI=1S/C31H31N3O2/c1-20-16-23(9-13-29(20)35)24-8-12-28-26(17-24)30(27(18-32-28)31(36)22-6-7-22)33-25-10-4-21(5-11-25)19-34-14-2-3-15-34/h4-5,8-13,16-18,22,35H,2-3,6-7,14-15,19H2,1H3,(H,32,33). The van der Waals surface area contributed by atoms with Gasteiger partial charge in [-0.2, -0.15) is 0 Å². The lowest BCUT2D eigenvalue weighted by atomic mass is 9.98. The van der Waals surface area contributed by atoms with Gasteiger partial charge in [0, 0.05) is 29.7 Å². The molecule has 2 N–H and O–H groups in total. The highest BCUT2D eigenvalue weighted by atomic mass is 16.3. The molecule has 0 amide bonds. The number of fused-ring (bicyclic) bond motifs is 1. The summed E-state index contributed by atoms with van der Waals surface area (Å²) < 4.78 is 0. The highest BCUT2D eigenvalue weighted by molar-refractivity contribution is 6.11. The number of phenolic OH excluding ortho intramolecular Hbond substituents is 1. The first kappa shape index (κ1) is 22.7. The van der Waals surface area contributed by atoms with E-state index in [1.807, 2.05) is 31.2 Å². The molecule has 1 saturated heterocycles. The van der Waals surface area contributed by atoms with Crippen LogP contribution >= 0.6 is 0 Å². The average molecular weight is 478 g/mol. The van der Waals surface area contributed by atoms with E-state index in [-0.39, 0.29) is 17.5 Å². The van der Waals surface area contributed by atoms with Gasteiger partial charge in [-0.15, -0.1) is 0 Å². The molecule has 0 unspecified atom stereocenters. The van der Waals surface area contributed by atoms with Crippen molar-refractivity contribution >= 4 is 28.1 Å². The number of rotatable bonds is 7. The smallest absolute Gasteiger partial charge is 0.169 e. The van der Waals surface area contributed by atoms with Gasteiger partial charge in [0.05, 0.1) is 16.8 Å². The van der Waals surface area contributed by atoms with Crippen LogP contribution in [-0.2, 0) is 6.54 Å². The highest BCUT2D eigenvalue weighted by Crippen LogP contribution is 2.39. The van der Waals surface area contributed by atoms with Gasteiger partial charge in [0.15, 0.2) is 5.78 Å². The first-order valence-corrected chi connectivity index (χ1v) is 12.9. The minimum absolute atomic E-state index is 0.107. The number of pyridine rings is 1. The lowest BCUT2D eigenvalue weighted by Crippen LogP contribution is -2.18. The van der Waals surface area contributed by atoms with Crippen molar-refractivity contribution in [2.75, 3.05) is 18.4 Å². The third-order valence-electron chi connectivity index (χ3n) is 7.44. The third kappa shape index (κ3) is 4.59. The zero-order valence-electron chi connectivity index (χ0n) is 20.6. The van der Waals surface area contributed by atoms with Gasteiger partial charge in [0.2, 0.25) is 0 Å². The Bertz CT molecular complexity index is 1430. The van der Waals surface area contributed by atoms with Crippen molar-refractivity contribution in [2.24, 2.45) is 5.92 Å². The number of hydrogen-bond donors (Lipinski definition) is 2. The lowest BCUT2D eigenvalue weighted by molar-refractivity contribution is 0.0968. The molecule has 0 atom stereocenters. The summed E-state index contributed by atoms with van der Waals surface area (Å²) in [7, 11) is 0. The largest absolute Gasteiger partial charge is 0.508 e. The van der Waals surface area contributed by atoms with Crippen molar-refractivity contribution in [1.82, 2.24) is 9.88 Å². The van der Waals surface area contributed by atoms with E-state index in [0.29, 0.717) is 5.56 Å². The number of ketones is 1. The Balaban J connectivity index is 1.39. The van der Waals surface area contributed by atoms with Crippen molar-refractivity contribution in [1.29, 1.82) is 0 Å². The minimum Gasteiger partial charge on any atom is -0.508 e. The van der Waals surface area contributed by atoms with Crippen LogP contribution in [0.4, 0.5) is 11.4 Å². The number of nitrogens with zero attached hydrogens (tertiary/aromatic N) is 2. The molecule has 6 rings (SSSR count). The molecule has 2 fully saturated rings. The molecular weight excluding hydrogens is 446 g/mol. The first-order valence-electron chi connectivity index (χ1n) is 12.9. The van der Waals surface area contributed by atoms with Crippen molar-refractivity contribution in [3.05, 3.63) is 83.6 Å². The maximum absolute atomic E-state index is 13.2. The Labute approximate surface area is 211 Å². The molecule has 2 aliphatic rings. The zero-order chi connectivity index (χ0) is 24.6. The van der Waals surface area contributed by atoms with Crippen molar-refractivity contribution in [2.45, 2.75) is 39.2 Å². The van der Waals surface area contributed by atoms with E-state index in [2.05, 4.69) is 45.5 Å². The number of carbonyl (C=O) groups excluding carboxylic acids is 1. The Morgan fingerprint density at radius 3 is 2.44 bits per heavy atom. The molecule has 1 saturated carbocycles. The van der Waals surface area contributed by atoms with Crippen LogP contribution in [0.3, 0.4) is 0 Å². The van der Waals surface area contributed by atoms with Gasteiger partial charge in [-0.25, -0.2) is 0 Å². The monoisotopic (exact) mass is 477 g/mol. The maximum Gasteiger partial charge on any atom is 0.169 e. The summed E-state index contributed by atoms with van der Waals surface area (Å²) in [5.41, 5.74) is 7.46. The van der Waals surface area contributed by atoms with Gasteiger partial charge in [-0.1, -0.05) is 24.3 Å². The molecule has 0 radical (unpaired) electrons. The van der Waals surface area contributed by atoms with Crippen LogP contribution in [0.15, 0.2) is 66.9 Å². The van der Waals surface area contributed by atoms with Crippen molar-refractivity contribution < 1.29 is 9.90 Å². The van der Waals surface area contributed by atoms with E-state index in [0.717, 1.165) is 58.4 Å². The number of aromatic nitrogens is 1. The molecule has 0 spiro atoms. The van der Waals surface area contributed by atoms with Gasteiger partial charge in [-0.3, -0.25) is 14.7 Å².